The van der Waals surface area contributed by atoms with Gasteiger partial charge in [0.05, 0.1) is 7.11 Å². The number of carbonyl (C=O) groups is 1. The van der Waals surface area contributed by atoms with Gasteiger partial charge in [0, 0.05) is 13.0 Å². The molecular weight excluding hydrogens is 357 g/mol. The van der Waals surface area contributed by atoms with Crippen LogP contribution in [0.1, 0.15) is 17.5 Å². The minimum atomic E-state index is -0.307. The predicted molar refractivity (Wildman–Crippen MR) is 106 cm³/mol. The fraction of sp³-hybridized carbons (Fsp3) is 0.174. The molecule has 0 bridgehead atoms. The van der Waals surface area contributed by atoms with E-state index >= 15 is 0 Å². The summed E-state index contributed by atoms with van der Waals surface area (Å²) >= 11 is 0. The van der Waals surface area contributed by atoms with Crippen LogP contribution in [0.4, 0.5) is 4.39 Å². The topological polar surface area (TPSA) is 47.6 Å². The molecule has 1 N–H and O–H groups in total. The van der Waals surface area contributed by atoms with Crippen molar-refractivity contribution < 1.29 is 18.7 Å². The lowest BCUT2D eigenvalue weighted by Gasteiger charge is -2.09. The normalized spacial score (nSPS) is 10.4. The zero-order valence-electron chi connectivity index (χ0n) is 15.7. The Morgan fingerprint density at radius 2 is 1.61 bits per heavy atom. The molecule has 1 amide bonds. The van der Waals surface area contributed by atoms with Crippen LogP contribution in [-0.2, 0) is 17.8 Å². The number of nitrogens with one attached hydrogen (secondary N) is 1. The summed E-state index contributed by atoms with van der Waals surface area (Å²) in [6.45, 7) is 0.419. The quantitative estimate of drug-likeness (QED) is 0.607. The van der Waals surface area contributed by atoms with E-state index in [1.54, 1.807) is 19.2 Å². The third-order valence-corrected chi connectivity index (χ3v) is 4.24. The number of carbonyl (C=O) groups excluding carboxylic acids is 1. The molecule has 5 heteroatoms. The van der Waals surface area contributed by atoms with Crippen LogP contribution in [0.25, 0.3) is 0 Å². The monoisotopic (exact) mass is 379 g/mol. The minimum Gasteiger partial charge on any atom is -0.497 e. The first-order valence-electron chi connectivity index (χ1n) is 9.04. The van der Waals surface area contributed by atoms with Crippen LogP contribution in [0.3, 0.4) is 0 Å². The molecule has 144 valence electrons. The first-order valence-corrected chi connectivity index (χ1v) is 9.04. The number of rotatable bonds is 8. The SMILES string of the molecule is COc1ccc(CCC(=O)NCc2cccc(Oc3ccc(F)cc3)c2)cc1. The second-order valence-electron chi connectivity index (χ2n) is 6.33. The van der Waals surface area contributed by atoms with E-state index in [1.807, 2.05) is 48.5 Å². The Morgan fingerprint density at radius 1 is 0.893 bits per heavy atom. The van der Waals surface area contributed by atoms with Crippen LogP contribution >= 0.6 is 0 Å². The molecule has 0 radical (unpaired) electrons. The average molecular weight is 379 g/mol. The van der Waals surface area contributed by atoms with Crippen molar-refractivity contribution in [2.45, 2.75) is 19.4 Å². The fourth-order valence-electron chi connectivity index (χ4n) is 2.70. The largest absolute Gasteiger partial charge is 0.497 e. The molecule has 28 heavy (non-hydrogen) atoms. The third kappa shape index (κ3) is 5.84. The van der Waals surface area contributed by atoms with Gasteiger partial charge in [0.1, 0.15) is 23.1 Å². The highest BCUT2D eigenvalue weighted by Crippen LogP contribution is 2.22. The molecule has 0 spiro atoms. The molecule has 3 aromatic rings. The molecule has 4 nitrogen and oxygen atoms in total. The molecule has 0 saturated carbocycles. The van der Waals surface area contributed by atoms with Gasteiger partial charge in [-0.05, 0) is 66.1 Å². The minimum absolute atomic E-state index is 0.0133. The van der Waals surface area contributed by atoms with Gasteiger partial charge in [0.2, 0.25) is 5.91 Å². The summed E-state index contributed by atoms with van der Waals surface area (Å²) in [5, 5.41) is 2.92. The van der Waals surface area contributed by atoms with Crippen LogP contribution in [0.5, 0.6) is 17.2 Å². The lowest BCUT2D eigenvalue weighted by atomic mass is 10.1. The van der Waals surface area contributed by atoms with Gasteiger partial charge in [0.15, 0.2) is 0 Å². The molecule has 3 rings (SSSR count). The zero-order valence-corrected chi connectivity index (χ0v) is 15.7. The summed E-state index contributed by atoms with van der Waals surface area (Å²) in [6, 6.07) is 21.0. The molecule has 0 atom stereocenters. The molecule has 0 saturated heterocycles. The number of benzene rings is 3. The Hall–Kier alpha value is -3.34. The van der Waals surface area contributed by atoms with Crippen LogP contribution < -0.4 is 14.8 Å². The number of halogens is 1. The molecule has 0 unspecified atom stereocenters. The average Bonchev–Trinajstić information content (AvgIpc) is 2.73. The highest BCUT2D eigenvalue weighted by molar-refractivity contribution is 5.76. The van der Waals surface area contributed by atoms with E-state index in [4.69, 9.17) is 9.47 Å². The molecule has 0 aliphatic heterocycles. The van der Waals surface area contributed by atoms with Crippen molar-refractivity contribution in [3.63, 3.8) is 0 Å². The maximum Gasteiger partial charge on any atom is 0.220 e. The third-order valence-electron chi connectivity index (χ3n) is 4.24. The van der Waals surface area contributed by atoms with Crippen molar-refractivity contribution in [3.05, 3.63) is 89.7 Å². The van der Waals surface area contributed by atoms with Crippen LogP contribution in [0.15, 0.2) is 72.8 Å². The maximum absolute atomic E-state index is 13.0. The molecule has 3 aromatic carbocycles. The van der Waals surface area contributed by atoms with Gasteiger partial charge in [-0.15, -0.1) is 0 Å². The maximum atomic E-state index is 13.0. The van der Waals surface area contributed by atoms with E-state index in [1.165, 1.54) is 12.1 Å². The van der Waals surface area contributed by atoms with Crippen molar-refractivity contribution in [1.29, 1.82) is 0 Å². The molecular formula is C23H22FNO3. The summed E-state index contributed by atoms with van der Waals surface area (Å²) in [5.74, 6) is 1.67. The highest BCUT2D eigenvalue weighted by atomic mass is 19.1. The van der Waals surface area contributed by atoms with E-state index in [9.17, 15) is 9.18 Å². The summed E-state index contributed by atoms with van der Waals surface area (Å²) in [7, 11) is 1.63. The van der Waals surface area contributed by atoms with Gasteiger partial charge in [-0.1, -0.05) is 24.3 Å². The predicted octanol–water partition coefficient (Wildman–Crippen LogP) is 4.88. The second-order valence-corrected chi connectivity index (χ2v) is 6.33. The summed E-state index contributed by atoms with van der Waals surface area (Å²) < 4.78 is 23.8. The fourth-order valence-corrected chi connectivity index (χ4v) is 2.70. The van der Waals surface area contributed by atoms with Gasteiger partial charge < -0.3 is 14.8 Å². The van der Waals surface area contributed by atoms with Crippen LogP contribution in [-0.4, -0.2) is 13.0 Å². The van der Waals surface area contributed by atoms with E-state index < -0.39 is 0 Å². The number of methoxy groups -OCH3 is 1. The van der Waals surface area contributed by atoms with Crippen molar-refractivity contribution in [2.75, 3.05) is 7.11 Å². The first-order chi connectivity index (χ1) is 13.6. The second kappa shape index (κ2) is 9.55. The van der Waals surface area contributed by atoms with Gasteiger partial charge in [0.25, 0.3) is 0 Å². The van der Waals surface area contributed by atoms with Crippen molar-refractivity contribution in [2.24, 2.45) is 0 Å². The Morgan fingerprint density at radius 3 is 2.32 bits per heavy atom. The Bertz CT molecular complexity index is 908. The van der Waals surface area contributed by atoms with Crippen LogP contribution in [0, 0.1) is 5.82 Å². The molecule has 0 fully saturated rings. The number of hydrogen-bond donors (Lipinski definition) is 1. The first kappa shape index (κ1) is 19.4. The summed E-state index contributed by atoms with van der Waals surface area (Å²) in [4.78, 5) is 12.1. The summed E-state index contributed by atoms with van der Waals surface area (Å²) in [6.07, 6.45) is 1.08. The highest BCUT2D eigenvalue weighted by Gasteiger charge is 2.05. The van der Waals surface area contributed by atoms with Crippen molar-refractivity contribution >= 4 is 5.91 Å². The Labute approximate surface area is 163 Å². The summed E-state index contributed by atoms with van der Waals surface area (Å²) in [5.41, 5.74) is 2.02. The van der Waals surface area contributed by atoms with Gasteiger partial charge in [-0.2, -0.15) is 0 Å². The van der Waals surface area contributed by atoms with Crippen molar-refractivity contribution in [1.82, 2.24) is 5.32 Å². The number of hydrogen-bond acceptors (Lipinski definition) is 3. The number of amides is 1. The van der Waals surface area contributed by atoms with Gasteiger partial charge in [-0.25, -0.2) is 4.39 Å². The smallest absolute Gasteiger partial charge is 0.220 e. The molecule has 0 aliphatic rings. The lowest BCUT2D eigenvalue weighted by molar-refractivity contribution is -0.121. The number of aryl methyl sites for hydroxylation is 1. The van der Waals surface area contributed by atoms with Crippen molar-refractivity contribution in [3.8, 4) is 17.2 Å². The van der Waals surface area contributed by atoms with Gasteiger partial charge >= 0.3 is 0 Å². The van der Waals surface area contributed by atoms with E-state index in [2.05, 4.69) is 5.32 Å². The Kier molecular flexibility index (Phi) is 6.63. The Balaban J connectivity index is 1.48. The van der Waals surface area contributed by atoms with E-state index in [0.717, 1.165) is 16.9 Å². The molecule has 0 heterocycles. The number of ether oxygens (including phenoxy) is 2. The van der Waals surface area contributed by atoms with E-state index in [0.29, 0.717) is 30.9 Å². The lowest BCUT2D eigenvalue weighted by Crippen LogP contribution is -2.22. The van der Waals surface area contributed by atoms with Gasteiger partial charge in [-0.3, -0.25) is 4.79 Å². The van der Waals surface area contributed by atoms with E-state index in [-0.39, 0.29) is 11.7 Å². The molecule has 0 aliphatic carbocycles. The zero-order chi connectivity index (χ0) is 19.8. The molecule has 0 aromatic heterocycles. The standard InChI is InChI=1S/C23H22FNO3/c1-27-20-10-5-17(6-11-20)7-14-23(26)25-16-18-3-2-4-22(15-18)28-21-12-8-19(24)9-13-21/h2-6,8-13,15H,7,14,16H2,1H3,(H,25,26). The van der Waals surface area contributed by atoms with Crippen LogP contribution in [0.2, 0.25) is 0 Å².